The zero-order chi connectivity index (χ0) is 12.3. The van der Waals surface area contributed by atoms with Crippen molar-refractivity contribution in [3.05, 3.63) is 24.3 Å². The van der Waals surface area contributed by atoms with Crippen molar-refractivity contribution in [1.82, 2.24) is 9.71 Å². The van der Waals surface area contributed by atoms with Crippen molar-refractivity contribution in [3.8, 4) is 5.88 Å². The Balaban J connectivity index is 2.35. The number of carbonyl (C=O) groups excluding carboxylic acids is 1. The number of urea groups is 1. The summed E-state index contributed by atoms with van der Waals surface area (Å²) in [6.45, 7) is 0. The van der Waals surface area contributed by atoms with Crippen molar-refractivity contribution >= 4 is 34.6 Å². The number of hydrogen-bond donors (Lipinski definition) is 3. The second-order valence-electron chi connectivity index (χ2n) is 3.18. The maximum absolute atomic E-state index is 11.1. The minimum absolute atomic E-state index is 0.105. The zero-order valence-corrected chi connectivity index (χ0v) is 9.78. The number of hydrogen-bond acceptors (Lipinski definition) is 4. The van der Waals surface area contributed by atoms with Gasteiger partial charge in [-0.25, -0.2) is 4.79 Å². The quantitative estimate of drug-likeness (QED) is 0.565. The average Bonchev–Trinajstić information content (AvgIpc) is 2.62. The van der Waals surface area contributed by atoms with Crippen LogP contribution in [-0.4, -0.2) is 22.4 Å². The van der Waals surface area contributed by atoms with Gasteiger partial charge in [-0.3, -0.25) is 4.72 Å². The second kappa shape index (κ2) is 4.88. The molecule has 2 aromatic rings. The van der Waals surface area contributed by atoms with Crippen LogP contribution >= 0.6 is 11.9 Å². The average molecular weight is 250 g/mol. The molecule has 0 aliphatic rings. The first-order valence-corrected chi connectivity index (χ1v) is 5.99. The molecule has 0 radical (unpaired) electrons. The largest absolute Gasteiger partial charge is 0.493 e. The van der Waals surface area contributed by atoms with E-state index in [1.54, 1.807) is 18.4 Å². The van der Waals surface area contributed by atoms with Gasteiger partial charge in [-0.1, -0.05) is 35.3 Å². The van der Waals surface area contributed by atoms with E-state index in [9.17, 15) is 9.90 Å². The van der Waals surface area contributed by atoms with Gasteiger partial charge in [0.25, 0.3) is 0 Å². The maximum atomic E-state index is 11.1. The van der Waals surface area contributed by atoms with E-state index < -0.39 is 6.03 Å². The van der Waals surface area contributed by atoms with E-state index in [0.29, 0.717) is 5.39 Å². The van der Waals surface area contributed by atoms with Gasteiger partial charge in [0.2, 0.25) is 5.88 Å². The number of H-pyrrole nitrogens is 1. The Morgan fingerprint density at radius 1 is 1.47 bits per heavy atom. The number of para-hydroxylation sites is 1. The number of benzene rings is 1. The minimum Gasteiger partial charge on any atom is -0.493 e. The van der Waals surface area contributed by atoms with Crippen LogP contribution in [0.3, 0.4) is 0 Å². The fourth-order valence-corrected chi connectivity index (χ4v) is 1.63. The van der Waals surface area contributed by atoms with Gasteiger partial charge in [-0.2, -0.15) is 0 Å². The van der Waals surface area contributed by atoms with Crippen molar-refractivity contribution in [2.45, 2.75) is 0 Å². The van der Waals surface area contributed by atoms with E-state index in [4.69, 9.17) is 0 Å². The summed E-state index contributed by atoms with van der Waals surface area (Å²) in [5.74, 6) is -0.105. The number of nitrogens with one attached hydrogen (secondary N) is 2. The summed E-state index contributed by atoms with van der Waals surface area (Å²) in [7, 11) is 0. The molecule has 0 aliphatic carbocycles. The summed E-state index contributed by atoms with van der Waals surface area (Å²) in [5.41, 5.74) is 1.00. The highest BCUT2D eigenvalue weighted by Gasteiger charge is 2.09. The van der Waals surface area contributed by atoms with Crippen LogP contribution in [0.1, 0.15) is 0 Å². The molecular formula is C10H10N4O2S. The van der Waals surface area contributed by atoms with Gasteiger partial charge in [0.05, 0.1) is 5.52 Å². The summed E-state index contributed by atoms with van der Waals surface area (Å²) in [5, 5.41) is 17.5. The summed E-state index contributed by atoms with van der Waals surface area (Å²) in [6.07, 6.45) is 1.70. The Labute approximate surface area is 101 Å². The van der Waals surface area contributed by atoms with Gasteiger partial charge in [-0.05, 0) is 6.07 Å². The molecule has 2 rings (SSSR count). The van der Waals surface area contributed by atoms with Gasteiger partial charge >= 0.3 is 6.03 Å². The number of azo groups is 1. The number of amides is 2. The van der Waals surface area contributed by atoms with E-state index in [1.165, 1.54) is 0 Å². The van der Waals surface area contributed by atoms with Crippen LogP contribution in [-0.2, 0) is 0 Å². The molecule has 0 aliphatic heterocycles. The van der Waals surface area contributed by atoms with Gasteiger partial charge in [-0.15, -0.1) is 5.11 Å². The number of carbonyl (C=O) groups is 1. The van der Waals surface area contributed by atoms with Crippen molar-refractivity contribution in [3.63, 3.8) is 0 Å². The van der Waals surface area contributed by atoms with Gasteiger partial charge in [0, 0.05) is 11.6 Å². The van der Waals surface area contributed by atoms with Crippen molar-refractivity contribution in [2.24, 2.45) is 10.2 Å². The first-order chi connectivity index (χ1) is 8.22. The molecule has 0 saturated heterocycles. The monoisotopic (exact) mass is 250 g/mol. The summed E-state index contributed by atoms with van der Waals surface area (Å²) < 4.78 is 2.40. The summed E-state index contributed by atoms with van der Waals surface area (Å²) in [6, 6.07) is 6.67. The van der Waals surface area contributed by atoms with Gasteiger partial charge in [0.1, 0.15) is 0 Å². The second-order valence-corrected chi connectivity index (χ2v) is 3.79. The molecule has 0 unspecified atom stereocenters. The van der Waals surface area contributed by atoms with Gasteiger partial charge < -0.3 is 10.1 Å². The fourth-order valence-electron chi connectivity index (χ4n) is 1.42. The molecule has 1 heterocycles. The number of rotatable bonds is 2. The first-order valence-electron chi connectivity index (χ1n) is 4.76. The van der Waals surface area contributed by atoms with E-state index in [0.717, 1.165) is 17.5 Å². The third-order valence-electron chi connectivity index (χ3n) is 2.09. The molecule has 0 atom stereocenters. The third kappa shape index (κ3) is 2.39. The number of aromatic hydroxyl groups is 1. The lowest BCUT2D eigenvalue weighted by atomic mass is 10.2. The van der Waals surface area contributed by atoms with E-state index >= 15 is 0 Å². The predicted molar refractivity (Wildman–Crippen MR) is 66.5 cm³/mol. The lowest BCUT2D eigenvalue weighted by Crippen LogP contribution is -2.08. The molecule has 17 heavy (non-hydrogen) atoms. The molecule has 0 bridgehead atoms. The molecule has 0 spiro atoms. The van der Waals surface area contributed by atoms with Crippen LogP contribution in [0.25, 0.3) is 10.9 Å². The Morgan fingerprint density at radius 2 is 2.24 bits per heavy atom. The highest BCUT2D eigenvalue weighted by molar-refractivity contribution is 7.97. The number of nitrogens with zero attached hydrogens (tertiary/aromatic N) is 2. The molecule has 1 aromatic heterocycles. The van der Waals surface area contributed by atoms with Crippen LogP contribution in [0.2, 0.25) is 0 Å². The minimum atomic E-state index is -0.567. The molecule has 0 fully saturated rings. The molecule has 7 heteroatoms. The SMILES string of the molecule is CSNC(=O)N=Nc1c(O)[nH]c2ccccc12. The topological polar surface area (TPSA) is 89.8 Å². The lowest BCUT2D eigenvalue weighted by Gasteiger charge is -1.92. The van der Waals surface area contributed by atoms with Crippen LogP contribution in [0.5, 0.6) is 5.88 Å². The maximum Gasteiger partial charge on any atom is 0.369 e. The first kappa shape index (κ1) is 11.5. The highest BCUT2D eigenvalue weighted by Crippen LogP contribution is 2.35. The number of aromatic amines is 1. The Kier molecular flexibility index (Phi) is 3.29. The van der Waals surface area contributed by atoms with E-state index in [-0.39, 0.29) is 11.6 Å². The Bertz CT molecular complexity index is 579. The van der Waals surface area contributed by atoms with Gasteiger partial charge in [0.15, 0.2) is 5.69 Å². The molecule has 2 amide bonds. The number of aromatic nitrogens is 1. The summed E-state index contributed by atoms with van der Waals surface area (Å²) >= 11 is 1.13. The highest BCUT2D eigenvalue weighted by atomic mass is 32.2. The van der Waals surface area contributed by atoms with Crippen molar-refractivity contribution < 1.29 is 9.90 Å². The molecule has 6 nitrogen and oxygen atoms in total. The Hall–Kier alpha value is -2.02. The third-order valence-corrected chi connectivity index (χ3v) is 2.47. The van der Waals surface area contributed by atoms with Crippen LogP contribution in [0, 0.1) is 0 Å². The molecule has 88 valence electrons. The van der Waals surface area contributed by atoms with Crippen LogP contribution in [0.15, 0.2) is 34.5 Å². The zero-order valence-electron chi connectivity index (χ0n) is 8.97. The standard InChI is InChI=1S/C10H10N4O2S/c1-17-14-10(16)13-12-8-6-4-2-3-5-7(6)11-9(8)15/h2-5,11,15H,1H3,(H,14,16). The molecular weight excluding hydrogens is 240 g/mol. The van der Waals surface area contributed by atoms with E-state index in [2.05, 4.69) is 19.9 Å². The summed E-state index contributed by atoms with van der Waals surface area (Å²) in [4.78, 5) is 13.8. The lowest BCUT2D eigenvalue weighted by molar-refractivity contribution is 0.253. The van der Waals surface area contributed by atoms with E-state index in [1.807, 2.05) is 12.1 Å². The Morgan fingerprint density at radius 3 is 3.00 bits per heavy atom. The fraction of sp³-hybridized carbons (Fsp3) is 0.100. The van der Waals surface area contributed by atoms with Crippen molar-refractivity contribution in [1.29, 1.82) is 0 Å². The number of fused-ring (bicyclic) bond motifs is 1. The van der Waals surface area contributed by atoms with Crippen molar-refractivity contribution in [2.75, 3.05) is 6.26 Å². The predicted octanol–water partition coefficient (Wildman–Crippen LogP) is 2.94. The van der Waals surface area contributed by atoms with Crippen LogP contribution < -0.4 is 4.72 Å². The molecule has 1 aromatic carbocycles. The molecule has 0 saturated carbocycles. The smallest absolute Gasteiger partial charge is 0.369 e. The van der Waals surface area contributed by atoms with Crippen LogP contribution in [0.4, 0.5) is 10.5 Å². The normalized spacial score (nSPS) is 11.1. The molecule has 3 N–H and O–H groups in total.